The van der Waals surface area contributed by atoms with Gasteiger partial charge in [0, 0.05) is 17.5 Å². The van der Waals surface area contributed by atoms with Gasteiger partial charge in [-0.2, -0.15) is 0 Å². The zero-order valence-electron chi connectivity index (χ0n) is 9.67. The second kappa shape index (κ2) is 4.35. The van der Waals surface area contributed by atoms with Gasteiger partial charge < -0.3 is 9.61 Å². The summed E-state index contributed by atoms with van der Waals surface area (Å²) in [4.78, 5) is 28.7. The molecule has 0 amide bonds. The number of rotatable bonds is 2. The molecule has 1 radical (unpaired) electrons. The lowest BCUT2D eigenvalue weighted by Crippen LogP contribution is -2.38. The Hall–Kier alpha value is -2.01. The summed E-state index contributed by atoms with van der Waals surface area (Å²) in [7, 11) is 1.39. The Balaban J connectivity index is 2.10. The van der Waals surface area contributed by atoms with Crippen LogP contribution in [0, 0.1) is 0 Å². The number of benzene rings is 1. The summed E-state index contributed by atoms with van der Waals surface area (Å²) >= 11 is 0. The third-order valence-corrected chi connectivity index (χ3v) is 3.07. The zero-order valence-corrected chi connectivity index (χ0v) is 9.67. The molecule has 2 heterocycles. The van der Waals surface area contributed by atoms with Gasteiger partial charge in [0.1, 0.15) is 0 Å². The van der Waals surface area contributed by atoms with Gasteiger partial charge in [-0.25, -0.2) is 0 Å². The Kier molecular flexibility index (Phi) is 2.68. The molecule has 2 aromatic rings. The quantitative estimate of drug-likeness (QED) is 0.578. The lowest BCUT2D eigenvalue weighted by atomic mass is 9.89. The van der Waals surface area contributed by atoms with Crippen molar-refractivity contribution in [2.24, 2.45) is 0 Å². The van der Waals surface area contributed by atoms with Crippen LogP contribution in [0.1, 0.15) is 16.1 Å². The summed E-state index contributed by atoms with van der Waals surface area (Å²) in [6, 6.07) is 9.60. The first-order valence-corrected chi connectivity index (χ1v) is 5.72. The standard InChI is InChI=1S/C13H10BN2O2/c17-8-14-16-6-12-10(13(18)7-16)5-9-3-1-2-4-11(9)15-12/h1-5,8H,6-7H2. The van der Waals surface area contributed by atoms with Gasteiger partial charge in [-0.1, -0.05) is 18.2 Å². The van der Waals surface area contributed by atoms with Gasteiger partial charge in [-0.15, -0.1) is 0 Å². The van der Waals surface area contributed by atoms with Crippen molar-refractivity contribution in [3.05, 3.63) is 41.6 Å². The predicted octanol–water partition coefficient (Wildman–Crippen LogP) is 1.04. The Morgan fingerprint density at radius 1 is 1.28 bits per heavy atom. The monoisotopic (exact) mass is 237 g/mol. The molecule has 87 valence electrons. The van der Waals surface area contributed by atoms with E-state index in [1.54, 1.807) is 4.81 Å². The summed E-state index contributed by atoms with van der Waals surface area (Å²) < 4.78 is 0. The molecule has 4 nitrogen and oxygen atoms in total. The maximum absolute atomic E-state index is 12.0. The van der Waals surface area contributed by atoms with Crippen LogP contribution in [0.5, 0.6) is 0 Å². The Morgan fingerprint density at radius 3 is 2.94 bits per heavy atom. The number of para-hydroxylation sites is 1. The van der Waals surface area contributed by atoms with Crippen LogP contribution in [0.25, 0.3) is 10.9 Å². The lowest BCUT2D eigenvalue weighted by Gasteiger charge is -2.25. The molecule has 18 heavy (non-hydrogen) atoms. The fourth-order valence-corrected chi connectivity index (χ4v) is 2.23. The summed E-state index contributed by atoms with van der Waals surface area (Å²) in [5.41, 5.74) is 2.28. The van der Waals surface area contributed by atoms with E-state index in [9.17, 15) is 9.59 Å². The molecule has 0 bridgehead atoms. The largest absolute Gasteiger partial charge is 0.328 e. The van der Waals surface area contributed by atoms with Gasteiger partial charge in [0.2, 0.25) is 0 Å². The molecule has 0 N–H and O–H groups in total. The van der Waals surface area contributed by atoms with Crippen LogP contribution in [0.15, 0.2) is 30.3 Å². The molecule has 0 aliphatic carbocycles. The SMILES string of the molecule is O=C[B]N1CC(=O)c2cc3ccccc3nc2C1. The second-order valence-corrected chi connectivity index (χ2v) is 4.29. The van der Waals surface area contributed by atoms with Crippen molar-refractivity contribution in [2.45, 2.75) is 6.54 Å². The molecule has 0 fully saturated rings. The first-order chi connectivity index (χ1) is 8.78. The zero-order chi connectivity index (χ0) is 12.5. The van der Waals surface area contributed by atoms with E-state index in [0.29, 0.717) is 18.3 Å². The highest BCUT2D eigenvalue weighted by atomic mass is 16.1. The molecular weight excluding hydrogens is 227 g/mol. The Morgan fingerprint density at radius 2 is 2.11 bits per heavy atom. The van der Waals surface area contributed by atoms with Crippen molar-refractivity contribution in [1.82, 2.24) is 9.79 Å². The van der Waals surface area contributed by atoms with E-state index >= 15 is 0 Å². The van der Waals surface area contributed by atoms with E-state index < -0.39 is 0 Å². The van der Waals surface area contributed by atoms with Gasteiger partial charge in [-0.3, -0.25) is 9.78 Å². The number of ketones is 1. The maximum Gasteiger partial charge on any atom is 0.293 e. The van der Waals surface area contributed by atoms with E-state index in [0.717, 1.165) is 16.6 Å². The number of fused-ring (bicyclic) bond motifs is 2. The van der Waals surface area contributed by atoms with E-state index in [-0.39, 0.29) is 12.3 Å². The minimum atomic E-state index is 0.00704. The number of carbonyl (C=O) groups is 2. The number of hydrogen-bond donors (Lipinski definition) is 0. The van der Waals surface area contributed by atoms with Gasteiger partial charge in [-0.05, 0) is 12.1 Å². The smallest absolute Gasteiger partial charge is 0.293 e. The van der Waals surface area contributed by atoms with Gasteiger partial charge in [0.05, 0.1) is 23.9 Å². The van der Waals surface area contributed by atoms with Crippen LogP contribution in [-0.2, 0) is 11.3 Å². The van der Waals surface area contributed by atoms with Gasteiger partial charge >= 0.3 is 0 Å². The summed E-state index contributed by atoms with van der Waals surface area (Å²) in [5.74, 6) is 0.00704. The molecule has 5 heteroatoms. The number of carbonyl (C=O) groups excluding carboxylic acids is 2. The molecule has 0 atom stereocenters. The fourth-order valence-electron chi connectivity index (χ4n) is 2.23. The van der Waals surface area contributed by atoms with Crippen LogP contribution < -0.4 is 0 Å². The Bertz CT molecular complexity index is 642. The number of pyridine rings is 1. The first-order valence-electron chi connectivity index (χ1n) is 5.72. The summed E-state index contributed by atoms with van der Waals surface area (Å²) in [5, 5.41) is 0.970. The first kappa shape index (κ1) is 11.1. The molecular formula is C13H10BN2O2. The van der Waals surface area contributed by atoms with Crippen LogP contribution in [-0.4, -0.2) is 35.7 Å². The predicted molar refractivity (Wildman–Crippen MR) is 69.0 cm³/mol. The molecule has 1 aromatic carbocycles. The van der Waals surface area contributed by atoms with Crippen molar-refractivity contribution < 1.29 is 9.59 Å². The minimum absolute atomic E-state index is 0.00704. The van der Waals surface area contributed by atoms with Gasteiger partial charge in [0.25, 0.3) is 7.41 Å². The van der Waals surface area contributed by atoms with Crippen LogP contribution >= 0.6 is 0 Å². The van der Waals surface area contributed by atoms with Crippen LogP contribution in [0.4, 0.5) is 0 Å². The van der Waals surface area contributed by atoms with Crippen molar-refractivity contribution in [1.29, 1.82) is 0 Å². The van der Waals surface area contributed by atoms with Crippen molar-refractivity contribution >= 4 is 30.3 Å². The Labute approximate surface area is 105 Å². The molecule has 1 aromatic heterocycles. The average molecular weight is 237 g/mol. The van der Waals surface area contributed by atoms with E-state index in [2.05, 4.69) is 4.98 Å². The van der Waals surface area contributed by atoms with Crippen LogP contribution in [0.2, 0.25) is 0 Å². The maximum atomic E-state index is 12.0. The molecule has 1 aliphatic heterocycles. The van der Waals surface area contributed by atoms with Crippen LogP contribution in [0.3, 0.4) is 0 Å². The molecule has 0 spiro atoms. The van der Waals surface area contributed by atoms with Gasteiger partial charge in [0.15, 0.2) is 5.78 Å². The normalized spacial score (nSPS) is 15.4. The molecule has 0 saturated carbocycles. The highest BCUT2D eigenvalue weighted by Crippen LogP contribution is 2.21. The van der Waals surface area contributed by atoms with E-state index in [1.807, 2.05) is 30.3 Å². The fraction of sp³-hybridized carbons (Fsp3) is 0.154. The summed E-state index contributed by atoms with van der Waals surface area (Å²) in [6.07, 6.45) is 0.694. The third-order valence-electron chi connectivity index (χ3n) is 3.07. The average Bonchev–Trinajstić information content (AvgIpc) is 2.37. The highest BCUT2D eigenvalue weighted by molar-refractivity contribution is 6.64. The van der Waals surface area contributed by atoms with E-state index in [1.165, 1.54) is 7.41 Å². The van der Waals surface area contributed by atoms with E-state index in [4.69, 9.17) is 0 Å². The molecule has 0 saturated heterocycles. The van der Waals surface area contributed by atoms with Crippen molar-refractivity contribution in [3.63, 3.8) is 0 Å². The minimum Gasteiger partial charge on any atom is -0.328 e. The molecule has 1 aliphatic rings. The highest BCUT2D eigenvalue weighted by Gasteiger charge is 2.24. The van der Waals surface area contributed by atoms with Crippen molar-refractivity contribution in [2.75, 3.05) is 6.54 Å². The second-order valence-electron chi connectivity index (χ2n) is 4.29. The summed E-state index contributed by atoms with van der Waals surface area (Å²) in [6.45, 7) is 0.746. The number of Topliss-reactive ketones (excluding diaryl/α,β-unsaturated/α-hetero) is 1. The number of aromatic nitrogens is 1. The molecule has 3 rings (SSSR count). The number of hydrogen-bond acceptors (Lipinski definition) is 4. The lowest BCUT2D eigenvalue weighted by molar-refractivity contribution is 0.0949. The van der Waals surface area contributed by atoms with Crippen molar-refractivity contribution in [3.8, 4) is 0 Å². The number of nitrogens with zero attached hydrogens (tertiary/aromatic N) is 2. The topological polar surface area (TPSA) is 50.3 Å². The molecule has 0 unspecified atom stereocenters. The third kappa shape index (κ3) is 1.82.